The lowest BCUT2D eigenvalue weighted by Crippen LogP contribution is -2.50. The third-order valence-corrected chi connectivity index (χ3v) is 2.49. The maximum atomic E-state index is 8.41. The quantitative estimate of drug-likeness (QED) is 0.268. The summed E-state index contributed by atoms with van der Waals surface area (Å²) in [5.74, 6) is 0.757. The molecule has 1 aromatic rings. The monoisotopic (exact) mass is 347 g/mol. The largest absolute Gasteiger partial charge is 0.479 e. The van der Waals surface area contributed by atoms with Crippen molar-refractivity contribution in [2.75, 3.05) is 0 Å². The van der Waals surface area contributed by atoms with E-state index in [4.69, 9.17) is 32.5 Å². The Morgan fingerprint density at radius 2 is 0.800 bits per heavy atom. The van der Waals surface area contributed by atoms with Crippen LogP contribution in [0.2, 0.25) is 0 Å². The standard InChI is InChI=1S/C6H6N10.C3H3N3O3/c7-1-10-4-12-2(8)14-6-15-3(9)13-5(11-1)16(4)6;7-1-4-2(8)6-3(9)5-1/h(H6,7,8,9,10,11,12,13,14,15);(H3,4,5,6,7,8,9). The SMILES string of the molecule is NC1=NC2=NC(N)=NC3=NC(N)=NC(=N1)N23.Oc1nc(O)nc(O)n1. The summed E-state index contributed by atoms with van der Waals surface area (Å²) >= 11 is 0. The highest BCUT2D eigenvalue weighted by atomic mass is 16.3. The third-order valence-electron chi connectivity index (χ3n) is 2.49. The number of hydrogen-bond donors (Lipinski definition) is 6. The average molecular weight is 347 g/mol. The Kier molecular flexibility index (Phi) is 3.53. The van der Waals surface area contributed by atoms with E-state index < -0.39 is 18.0 Å². The molecular weight excluding hydrogens is 338 g/mol. The second-order valence-corrected chi connectivity index (χ2v) is 4.22. The molecule has 0 bridgehead atoms. The minimum atomic E-state index is -0.708. The molecule has 9 N–H and O–H groups in total. The van der Waals surface area contributed by atoms with Gasteiger partial charge in [0.15, 0.2) is 0 Å². The van der Waals surface area contributed by atoms with E-state index in [9.17, 15) is 0 Å². The molecule has 0 spiro atoms. The normalized spacial score (nSPS) is 17.5. The first-order valence-electron chi connectivity index (χ1n) is 6.23. The van der Waals surface area contributed by atoms with Gasteiger partial charge in [0.05, 0.1) is 0 Å². The number of nitrogens with zero attached hydrogens (tertiary/aromatic N) is 10. The van der Waals surface area contributed by atoms with Crippen LogP contribution >= 0.6 is 0 Å². The van der Waals surface area contributed by atoms with Gasteiger partial charge in [0.2, 0.25) is 35.8 Å². The molecule has 1 aromatic heterocycles. The first-order chi connectivity index (χ1) is 11.8. The van der Waals surface area contributed by atoms with Crippen LogP contribution in [0.3, 0.4) is 0 Å². The Morgan fingerprint density at radius 3 is 1.08 bits per heavy atom. The highest BCUT2D eigenvalue weighted by Gasteiger charge is 2.33. The van der Waals surface area contributed by atoms with E-state index in [0.717, 1.165) is 0 Å². The molecule has 0 fully saturated rings. The summed E-state index contributed by atoms with van der Waals surface area (Å²) in [6.07, 6.45) is 0. The van der Waals surface area contributed by atoms with Crippen molar-refractivity contribution < 1.29 is 15.3 Å². The molecular formula is C9H9N13O3. The topological polar surface area (TPSA) is 255 Å². The molecule has 0 unspecified atom stereocenters. The van der Waals surface area contributed by atoms with Crippen LogP contribution in [0.25, 0.3) is 0 Å². The molecule has 3 aliphatic rings. The molecule has 16 heteroatoms. The highest BCUT2D eigenvalue weighted by molar-refractivity contribution is 6.29. The predicted octanol–water partition coefficient (Wildman–Crippen LogP) is -3.67. The van der Waals surface area contributed by atoms with Crippen molar-refractivity contribution in [1.29, 1.82) is 0 Å². The van der Waals surface area contributed by atoms with E-state index in [2.05, 4.69) is 44.9 Å². The minimum Gasteiger partial charge on any atom is -0.479 e. The Bertz CT molecular complexity index is 795. The molecule has 16 nitrogen and oxygen atoms in total. The van der Waals surface area contributed by atoms with Crippen LogP contribution in [-0.4, -0.2) is 70.9 Å². The van der Waals surface area contributed by atoms with Gasteiger partial charge < -0.3 is 32.5 Å². The van der Waals surface area contributed by atoms with Crippen molar-refractivity contribution in [2.45, 2.75) is 0 Å². The van der Waals surface area contributed by atoms with Gasteiger partial charge >= 0.3 is 18.0 Å². The molecule has 128 valence electrons. The molecule has 0 saturated carbocycles. The lowest BCUT2D eigenvalue weighted by Gasteiger charge is -2.28. The second kappa shape index (κ2) is 5.68. The van der Waals surface area contributed by atoms with E-state index in [1.165, 1.54) is 4.90 Å². The van der Waals surface area contributed by atoms with Gasteiger partial charge in [0, 0.05) is 0 Å². The van der Waals surface area contributed by atoms with Crippen molar-refractivity contribution in [3.63, 3.8) is 0 Å². The maximum absolute atomic E-state index is 8.41. The number of aliphatic imine (C=N–C) groups is 6. The van der Waals surface area contributed by atoms with Gasteiger partial charge in [-0.1, -0.05) is 0 Å². The summed E-state index contributed by atoms with van der Waals surface area (Å²) in [5.41, 5.74) is 16.5. The zero-order valence-electron chi connectivity index (χ0n) is 12.0. The number of aromatic nitrogens is 3. The van der Waals surface area contributed by atoms with Gasteiger partial charge in [0.25, 0.3) is 0 Å². The number of guanidine groups is 6. The molecule has 0 radical (unpaired) electrons. The van der Waals surface area contributed by atoms with Crippen molar-refractivity contribution in [3.8, 4) is 18.0 Å². The van der Waals surface area contributed by atoms with Gasteiger partial charge in [0.1, 0.15) is 0 Å². The van der Waals surface area contributed by atoms with Crippen LogP contribution in [0, 0.1) is 0 Å². The van der Waals surface area contributed by atoms with Gasteiger partial charge in [-0.15, -0.1) is 15.0 Å². The molecule has 25 heavy (non-hydrogen) atoms. The number of hydrogen-bond acceptors (Lipinski definition) is 16. The molecule has 0 atom stereocenters. The Morgan fingerprint density at radius 1 is 0.520 bits per heavy atom. The highest BCUT2D eigenvalue weighted by Crippen LogP contribution is 2.14. The smallest absolute Gasteiger partial charge is 0.323 e. The zero-order chi connectivity index (χ0) is 18.1. The number of rotatable bonds is 0. The van der Waals surface area contributed by atoms with E-state index in [1.54, 1.807) is 0 Å². The summed E-state index contributed by atoms with van der Waals surface area (Å²) in [5, 5.41) is 25.2. The molecule has 4 heterocycles. The average Bonchev–Trinajstić information content (AvgIpc) is 2.44. The molecule has 0 saturated heterocycles. The van der Waals surface area contributed by atoms with E-state index in [-0.39, 0.29) is 35.8 Å². The fourth-order valence-corrected chi connectivity index (χ4v) is 1.68. The molecule has 0 amide bonds. The Balaban J connectivity index is 0.000000173. The Labute approximate surface area is 137 Å². The van der Waals surface area contributed by atoms with Crippen molar-refractivity contribution in [2.24, 2.45) is 47.2 Å². The molecule has 4 rings (SSSR count). The van der Waals surface area contributed by atoms with Crippen LogP contribution < -0.4 is 17.2 Å². The van der Waals surface area contributed by atoms with E-state index >= 15 is 0 Å². The fraction of sp³-hybridized carbons (Fsp3) is 0. The first kappa shape index (κ1) is 15.5. The van der Waals surface area contributed by atoms with Crippen molar-refractivity contribution in [3.05, 3.63) is 0 Å². The third kappa shape index (κ3) is 3.21. The molecule has 0 aromatic carbocycles. The minimum absolute atomic E-state index is 0.0255. The van der Waals surface area contributed by atoms with Crippen molar-refractivity contribution in [1.82, 2.24) is 19.9 Å². The second-order valence-electron chi connectivity index (χ2n) is 4.22. The van der Waals surface area contributed by atoms with Crippen molar-refractivity contribution >= 4 is 35.8 Å². The fourth-order valence-electron chi connectivity index (χ4n) is 1.68. The number of aromatic hydroxyl groups is 3. The molecule has 0 aliphatic carbocycles. The lowest BCUT2D eigenvalue weighted by molar-refractivity contribution is 0.344. The van der Waals surface area contributed by atoms with Gasteiger partial charge in [-0.3, -0.25) is 0 Å². The summed E-state index contributed by atoms with van der Waals surface area (Å²) in [6.45, 7) is 0. The number of nitrogens with two attached hydrogens (primary N) is 3. The Hall–Kier alpha value is -4.37. The van der Waals surface area contributed by atoms with Gasteiger partial charge in [-0.25, -0.2) is 4.90 Å². The summed E-state index contributed by atoms with van der Waals surface area (Å²) in [4.78, 5) is 33.7. The zero-order valence-corrected chi connectivity index (χ0v) is 12.0. The van der Waals surface area contributed by atoms with E-state index in [1.807, 2.05) is 0 Å². The summed E-state index contributed by atoms with van der Waals surface area (Å²) in [6, 6.07) is -2.12. The first-order valence-corrected chi connectivity index (χ1v) is 6.23. The summed E-state index contributed by atoms with van der Waals surface area (Å²) < 4.78 is 0. The van der Waals surface area contributed by atoms with Crippen LogP contribution in [0.4, 0.5) is 0 Å². The van der Waals surface area contributed by atoms with Crippen LogP contribution in [-0.2, 0) is 0 Å². The van der Waals surface area contributed by atoms with Gasteiger partial charge in [-0.2, -0.15) is 30.0 Å². The summed E-state index contributed by atoms with van der Waals surface area (Å²) in [7, 11) is 0. The van der Waals surface area contributed by atoms with Crippen LogP contribution in [0.5, 0.6) is 18.0 Å². The van der Waals surface area contributed by atoms with Crippen LogP contribution in [0.15, 0.2) is 30.0 Å². The van der Waals surface area contributed by atoms with E-state index in [0.29, 0.717) is 0 Å². The lowest BCUT2D eigenvalue weighted by atomic mass is 10.5. The maximum Gasteiger partial charge on any atom is 0.323 e. The van der Waals surface area contributed by atoms with Crippen LogP contribution in [0.1, 0.15) is 0 Å². The molecule has 3 aliphatic heterocycles. The predicted molar refractivity (Wildman–Crippen MR) is 83.8 cm³/mol. The van der Waals surface area contributed by atoms with Gasteiger partial charge in [-0.05, 0) is 0 Å².